The van der Waals surface area contributed by atoms with Gasteiger partial charge >= 0.3 is 5.97 Å². The molecule has 0 amide bonds. The highest BCUT2D eigenvalue weighted by molar-refractivity contribution is 7.10. The van der Waals surface area contributed by atoms with Crippen molar-refractivity contribution in [2.45, 2.75) is 19.3 Å². The Kier molecular flexibility index (Phi) is 6.42. The molecule has 2 heterocycles. The summed E-state index contributed by atoms with van der Waals surface area (Å²) in [7, 11) is 0. The Morgan fingerprint density at radius 3 is 2.70 bits per heavy atom. The summed E-state index contributed by atoms with van der Waals surface area (Å²) in [6.45, 7) is 0.423. The molecule has 6 heteroatoms. The Bertz CT molecular complexity index is 1310. The second-order valence-electron chi connectivity index (χ2n) is 7.81. The van der Waals surface area contributed by atoms with Crippen LogP contribution in [-0.2, 0) is 11.2 Å². The number of hydrogen-bond acceptors (Lipinski definition) is 5. The molecule has 4 nitrogen and oxygen atoms in total. The van der Waals surface area contributed by atoms with Gasteiger partial charge in [0.05, 0.1) is 16.8 Å². The molecule has 0 spiro atoms. The highest BCUT2D eigenvalue weighted by Crippen LogP contribution is 2.36. The topological polar surface area (TPSA) is 48.4 Å². The molecule has 0 atom stereocenters. The summed E-state index contributed by atoms with van der Waals surface area (Å²) in [4.78, 5) is 19.4. The van der Waals surface area contributed by atoms with Crippen molar-refractivity contribution in [1.29, 1.82) is 0 Å². The van der Waals surface area contributed by atoms with Crippen LogP contribution >= 0.6 is 22.9 Å². The van der Waals surface area contributed by atoms with Crippen LogP contribution in [-0.4, -0.2) is 24.2 Å². The molecule has 33 heavy (non-hydrogen) atoms. The monoisotopic (exact) mass is 475 g/mol. The van der Waals surface area contributed by atoms with Gasteiger partial charge in [-0.25, -0.2) is 9.78 Å². The van der Waals surface area contributed by atoms with Gasteiger partial charge in [-0.3, -0.25) is 0 Å². The number of benzene rings is 2. The molecule has 0 saturated heterocycles. The van der Waals surface area contributed by atoms with Gasteiger partial charge in [-0.05, 0) is 78.3 Å². The minimum Gasteiger partial charge on any atom is -0.490 e. The van der Waals surface area contributed by atoms with Gasteiger partial charge in [0.2, 0.25) is 0 Å². The number of halogens is 1. The van der Waals surface area contributed by atoms with E-state index in [1.165, 1.54) is 10.5 Å². The van der Waals surface area contributed by atoms with Crippen LogP contribution in [0.15, 0.2) is 66.0 Å². The number of ether oxygens (including phenoxy) is 2. The van der Waals surface area contributed by atoms with Crippen molar-refractivity contribution in [3.05, 3.63) is 92.8 Å². The van der Waals surface area contributed by atoms with Gasteiger partial charge in [0.15, 0.2) is 0 Å². The van der Waals surface area contributed by atoms with E-state index in [4.69, 9.17) is 26.1 Å². The SMILES string of the molecule is O=C(OCCOc1ccc(Cl)cc1)c1c2c(nc3ccccc13)C(=Cc1cccs1)CCC2. The van der Waals surface area contributed by atoms with E-state index in [0.717, 1.165) is 41.4 Å². The molecule has 0 saturated carbocycles. The molecule has 4 aromatic rings. The van der Waals surface area contributed by atoms with E-state index in [1.54, 1.807) is 35.6 Å². The average molecular weight is 476 g/mol. The normalized spacial score (nSPS) is 14.3. The van der Waals surface area contributed by atoms with Crippen molar-refractivity contribution in [3.8, 4) is 5.75 Å². The molecule has 2 aromatic carbocycles. The third-order valence-electron chi connectivity index (χ3n) is 5.63. The van der Waals surface area contributed by atoms with E-state index in [1.807, 2.05) is 30.3 Å². The largest absolute Gasteiger partial charge is 0.490 e. The van der Waals surface area contributed by atoms with Crippen LogP contribution in [0.25, 0.3) is 22.6 Å². The lowest BCUT2D eigenvalue weighted by molar-refractivity contribution is 0.0451. The fourth-order valence-corrected chi connectivity index (χ4v) is 4.96. The minimum absolute atomic E-state index is 0.158. The molecular formula is C27H22ClNO3S. The molecule has 0 fully saturated rings. The Hall–Kier alpha value is -3.15. The maximum Gasteiger partial charge on any atom is 0.339 e. The number of para-hydroxylation sites is 1. The van der Waals surface area contributed by atoms with Crippen LogP contribution in [0.2, 0.25) is 5.02 Å². The van der Waals surface area contributed by atoms with Crippen molar-refractivity contribution in [3.63, 3.8) is 0 Å². The maximum atomic E-state index is 13.3. The number of allylic oxidation sites excluding steroid dienone is 1. The van der Waals surface area contributed by atoms with Gasteiger partial charge in [0.25, 0.3) is 0 Å². The number of carbonyl (C=O) groups excluding carboxylic acids is 1. The number of thiophene rings is 1. The van der Waals surface area contributed by atoms with Gasteiger partial charge < -0.3 is 9.47 Å². The van der Waals surface area contributed by atoms with Gasteiger partial charge in [0.1, 0.15) is 19.0 Å². The fourth-order valence-electron chi connectivity index (χ4n) is 4.15. The van der Waals surface area contributed by atoms with Crippen molar-refractivity contribution >= 4 is 51.5 Å². The van der Waals surface area contributed by atoms with E-state index in [0.29, 0.717) is 16.3 Å². The lowest BCUT2D eigenvalue weighted by atomic mass is 9.86. The first-order valence-corrected chi connectivity index (χ1v) is 12.2. The summed E-state index contributed by atoms with van der Waals surface area (Å²) < 4.78 is 11.3. The summed E-state index contributed by atoms with van der Waals surface area (Å²) in [5.74, 6) is 0.354. The number of rotatable bonds is 6. The van der Waals surface area contributed by atoms with Gasteiger partial charge in [-0.15, -0.1) is 11.3 Å². The van der Waals surface area contributed by atoms with Crippen LogP contribution in [0.5, 0.6) is 5.75 Å². The van der Waals surface area contributed by atoms with Crippen molar-refractivity contribution in [2.24, 2.45) is 0 Å². The van der Waals surface area contributed by atoms with Crippen LogP contribution in [0.1, 0.15) is 39.3 Å². The maximum absolute atomic E-state index is 13.3. The van der Waals surface area contributed by atoms with Gasteiger partial charge in [0, 0.05) is 15.3 Å². The van der Waals surface area contributed by atoms with Crippen LogP contribution in [0.3, 0.4) is 0 Å². The summed E-state index contributed by atoms with van der Waals surface area (Å²) in [6.07, 6.45) is 4.92. The van der Waals surface area contributed by atoms with Crippen LogP contribution in [0, 0.1) is 0 Å². The molecular weight excluding hydrogens is 454 g/mol. The third-order valence-corrected chi connectivity index (χ3v) is 6.70. The fraction of sp³-hybridized carbons (Fsp3) is 0.185. The van der Waals surface area contributed by atoms with Gasteiger partial charge in [-0.1, -0.05) is 35.9 Å². The van der Waals surface area contributed by atoms with Crippen LogP contribution < -0.4 is 4.74 Å². The molecule has 1 aliphatic carbocycles. The van der Waals surface area contributed by atoms with Crippen LogP contribution in [0.4, 0.5) is 0 Å². The number of aromatic nitrogens is 1. The number of nitrogens with zero attached hydrogens (tertiary/aromatic N) is 1. The number of pyridine rings is 1. The third kappa shape index (κ3) is 4.80. The lowest BCUT2D eigenvalue weighted by Gasteiger charge is -2.22. The number of fused-ring (bicyclic) bond motifs is 2. The Balaban J connectivity index is 1.42. The second kappa shape index (κ2) is 9.77. The first-order valence-electron chi connectivity index (χ1n) is 10.9. The highest BCUT2D eigenvalue weighted by Gasteiger charge is 2.26. The Labute approximate surface area is 201 Å². The minimum atomic E-state index is -0.332. The quantitative estimate of drug-likeness (QED) is 0.221. The van der Waals surface area contributed by atoms with E-state index in [9.17, 15) is 4.79 Å². The zero-order valence-corrected chi connectivity index (χ0v) is 19.5. The Morgan fingerprint density at radius 1 is 1.03 bits per heavy atom. The molecule has 166 valence electrons. The predicted octanol–water partition coefficient (Wildman–Crippen LogP) is 7.06. The molecule has 0 N–H and O–H groups in total. The smallest absolute Gasteiger partial charge is 0.339 e. The number of esters is 1. The standard InChI is InChI=1S/C27H22ClNO3S/c28-19-10-12-20(13-11-19)31-14-15-32-27(30)25-22-7-1-2-9-24(22)29-26-18(5-3-8-23(25)26)17-21-6-4-16-33-21/h1-2,4,6-7,9-13,16-17H,3,5,8,14-15H2. The molecule has 1 aliphatic rings. The first-order chi connectivity index (χ1) is 16.2. The zero-order chi connectivity index (χ0) is 22.6. The van der Waals surface area contributed by atoms with Gasteiger partial charge in [-0.2, -0.15) is 0 Å². The lowest BCUT2D eigenvalue weighted by Crippen LogP contribution is -2.17. The molecule has 0 aliphatic heterocycles. The van der Waals surface area contributed by atoms with E-state index in [2.05, 4.69) is 17.5 Å². The first kappa shape index (κ1) is 21.7. The predicted molar refractivity (Wildman–Crippen MR) is 134 cm³/mol. The number of hydrogen-bond donors (Lipinski definition) is 0. The summed E-state index contributed by atoms with van der Waals surface area (Å²) >= 11 is 7.61. The molecule has 0 radical (unpaired) electrons. The summed E-state index contributed by atoms with van der Waals surface area (Å²) in [6, 6.07) is 19.0. The Morgan fingerprint density at radius 2 is 1.88 bits per heavy atom. The van der Waals surface area contributed by atoms with Crippen molar-refractivity contribution in [2.75, 3.05) is 13.2 Å². The zero-order valence-electron chi connectivity index (χ0n) is 17.9. The average Bonchev–Trinajstić information content (AvgIpc) is 3.35. The molecule has 0 unspecified atom stereocenters. The summed E-state index contributed by atoms with van der Waals surface area (Å²) in [5, 5.41) is 3.55. The second-order valence-corrected chi connectivity index (χ2v) is 9.22. The summed E-state index contributed by atoms with van der Waals surface area (Å²) in [5.41, 5.74) is 4.49. The molecule has 5 rings (SSSR count). The molecule has 2 aromatic heterocycles. The number of carbonyl (C=O) groups is 1. The van der Waals surface area contributed by atoms with Crippen molar-refractivity contribution < 1.29 is 14.3 Å². The van der Waals surface area contributed by atoms with E-state index in [-0.39, 0.29) is 19.2 Å². The highest BCUT2D eigenvalue weighted by atomic mass is 35.5. The van der Waals surface area contributed by atoms with E-state index < -0.39 is 0 Å². The molecule has 0 bridgehead atoms. The van der Waals surface area contributed by atoms with E-state index >= 15 is 0 Å². The van der Waals surface area contributed by atoms with Crippen molar-refractivity contribution in [1.82, 2.24) is 4.98 Å².